The van der Waals surface area contributed by atoms with Crippen molar-refractivity contribution in [3.8, 4) is 5.75 Å². The number of aromatic nitrogens is 4. The number of likely N-dealkylation sites (N-methyl/N-ethyl adjacent to an activating group) is 2. The van der Waals surface area contributed by atoms with Crippen molar-refractivity contribution < 1.29 is 9.66 Å². The lowest BCUT2D eigenvalue weighted by Crippen LogP contribution is -2.29. The Morgan fingerprint density at radius 3 is 2.58 bits per heavy atom. The van der Waals surface area contributed by atoms with Gasteiger partial charge in [0.05, 0.1) is 29.1 Å². The highest BCUT2D eigenvalue weighted by Gasteiger charge is 2.39. The minimum atomic E-state index is -0.408. The lowest BCUT2D eigenvalue weighted by atomic mass is 9.91. The van der Waals surface area contributed by atoms with Crippen LogP contribution in [0.2, 0.25) is 5.15 Å². The normalized spacial score (nSPS) is 14.0. The zero-order valence-electron chi connectivity index (χ0n) is 22.6. The fourth-order valence-corrected chi connectivity index (χ4v) is 4.50. The molecule has 0 bridgehead atoms. The third-order valence-corrected chi connectivity index (χ3v) is 6.83. The number of nitrogens with zero attached hydrogens (tertiary/aromatic N) is 8. The number of benzene rings is 1. The van der Waals surface area contributed by atoms with E-state index in [1.54, 1.807) is 6.07 Å². The molecule has 0 unspecified atom stereocenters. The molecule has 0 amide bonds. The standard InChI is InChI=1S/C25H32ClN9O3/c1-15-10-19-21(30-22(15)26)25(2,3)13-34(19)24-28-14-27-23(31-24)29-16-11-18(35(36)37)17(12-20(16)38-7)33(6)9-8-32(4)5/h10-12,14H,8-9,13H2,1-7H3,(H,27,28,29,31). The Labute approximate surface area is 226 Å². The Morgan fingerprint density at radius 2 is 1.92 bits per heavy atom. The number of anilines is 5. The van der Waals surface area contributed by atoms with Gasteiger partial charge in [-0.2, -0.15) is 4.98 Å². The molecule has 1 aromatic carbocycles. The molecule has 12 nitrogen and oxygen atoms in total. The third kappa shape index (κ3) is 5.41. The van der Waals surface area contributed by atoms with Gasteiger partial charge < -0.3 is 24.8 Å². The zero-order valence-corrected chi connectivity index (χ0v) is 23.4. The van der Waals surface area contributed by atoms with E-state index in [0.717, 1.165) is 23.5 Å². The largest absolute Gasteiger partial charge is 0.494 e. The lowest BCUT2D eigenvalue weighted by molar-refractivity contribution is -0.384. The minimum Gasteiger partial charge on any atom is -0.494 e. The van der Waals surface area contributed by atoms with E-state index in [1.165, 1.54) is 19.5 Å². The van der Waals surface area contributed by atoms with Gasteiger partial charge in [-0.25, -0.2) is 15.0 Å². The van der Waals surface area contributed by atoms with Crippen LogP contribution in [-0.4, -0.2) is 77.6 Å². The number of ether oxygens (including phenoxy) is 1. The Balaban J connectivity index is 1.68. The monoisotopic (exact) mass is 541 g/mol. The first-order chi connectivity index (χ1) is 17.9. The molecule has 0 spiro atoms. The zero-order chi connectivity index (χ0) is 27.8. The first kappa shape index (κ1) is 27.3. The van der Waals surface area contributed by atoms with Crippen LogP contribution in [0.1, 0.15) is 25.1 Å². The summed E-state index contributed by atoms with van der Waals surface area (Å²) in [6.07, 6.45) is 1.40. The van der Waals surface area contributed by atoms with E-state index in [9.17, 15) is 10.1 Å². The molecule has 3 aromatic rings. The van der Waals surface area contributed by atoms with E-state index >= 15 is 0 Å². The number of methoxy groups -OCH3 is 1. The van der Waals surface area contributed by atoms with Crippen molar-refractivity contribution in [2.45, 2.75) is 26.2 Å². The van der Waals surface area contributed by atoms with Crippen LogP contribution in [0.4, 0.5) is 34.6 Å². The maximum atomic E-state index is 12.0. The van der Waals surface area contributed by atoms with Crippen LogP contribution in [0.25, 0.3) is 0 Å². The average molecular weight is 542 g/mol. The minimum absolute atomic E-state index is 0.0579. The summed E-state index contributed by atoms with van der Waals surface area (Å²) in [6, 6.07) is 5.07. The van der Waals surface area contributed by atoms with Crippen LogP contribution in [0.15, 0.2) is 24.5 Å². The van der Waals surface area contributed by atoms with E-state index < -0.39 is 4.92 Å². The van der Waals surface area contributed by atoms with E-state index in [1.807, 2.05) is 48.8 Å². The molecule has 0 fully saturated rings. The Bertz CT molecular complexity index is 1370. The molecule has 1 aliphatic rings. The van der Waals surface area contributed by atoms with Crippen molar-refractivity contribution >= 4 is 46.2 Å². The van der Waals surface area contributed by atoms with Crippen LogP contribution < -0.4 is 19.9 Å². The van der Waals surface area contributed by atoms with Gasteiger partial charge in [-0.1, -0.05) is 25.4 Å². The Kier molecular flexibility index (Phi) is 7.56. The summed E-state index contributed by atoms with van der Waals surface area (Å²) in [7, 11) is 7.23. The van der Waals surface area contributed by atoms with Crippen molar-refractivity contribution in [3.05, 3.63) is 51.1 Å². The van der Waals surface area contributed by atoms with Crippen LogP contribution in [0, 0.1) is 17.0 Å². The molecular weight excluding hydrogens is 510 g/mol. The van der Waals surface area contributed by atoms with Gasteiger partial charge in [-0.05, 0) is 32.6 Å². The van der Waals surface area contributed by atoms with Gasteiger partial charge in [-0.3, -0.25) is 10.1 Å². The van der Waals surface area contributed by atoms with Crippen molar-refractivity contribution in [2.24, 2.45) is 0 Å². The number of nitrogens with one attached hydrogen (secondary N) is 1. The number of hydrogen-bond donors (Lipinski definition) is 1. The quantitative estimate of drug-likeness (QED) is 0.236. The van der Waals surface area contributed by atoms with Crippen molar-refractivity contribution in [1.82, 2.24) is 24.8 Å². The summed E-state index contributed by atoms with van der Waals surface area (Å²) < 4.78 is 5.57. The van der Waals surface area contributed by atoms with Crippen LogP contribution >= 0.6 is 11.6 Å². The number of hydrogen-bond acceptors (Lipinski definition) is 11. The highest BCUT2D eigenvalue weighted by Crippen LogP contribution is 2.44. The first-order valence-electron chi connectivity index (χ1n) is 12.0. The fourth-order valence-electron chi connectivity index (χ4n) is 4.36. The molecule has 13 heteroatoms. The Morgan fingerprint density at radius 1 is 1.18 bits per heavy atom. The summed E-state index contributed by atoms with van der Waals surface area (Å²) in [5, 5.41) is 15.5. The molecule has 0 aliphatic carbocycles. The smallest absolute Gasteiger partial charge is 0.294 e. The molecule has 3 heterocycles. The van der Waals surface area contributed by atoms with E-state index in [-0.39, 0.29) is 17.1 Å². The maximum absolute atomic E-state index is 12.0. The van der Waals surface area contributed by atoms with Crippen LogP contribution in [0.5, 0.6) is 5.75 Å². The molecule has 1 N–H and O–H groups in total. The second-order valence-electron chi connectivity index (χ2n) is 10.2. The summed E-state index contributed by atoms with van der Waals surface area (Å²) in [5.74, 6) is 1.07. The molecule has 4 rings (SSSR count). The molecule has 0 radical (unpaired) electrons. The second-order valence-corrected chi connectivity index (χ2v) is 10.5. The van der Waals surface area contributed by atoms with Gasteiger partial charge in [0.25, 0.3) is 5.69 Å². The van der Waals surface area contributed by atoms with Gasteiger partial charge in [0.15, 0.2) is 0 Å². The summed E-state index contributed by atoms with van der Waals surface area (Å²) >= 11 is 6.31. The van der Waals surface area contributed by atoms with E-state index in [0.29, 0.717) is 41.3 Å². The number of halogens is 1. The summed E-state index contributed by atoms with van der Waals surface area (Å²) in [6.45, 7) is 8.02. The number of rotatable bonds is 9. The molecule has 0 atom stereocenters. The van der Waals surface area contributed by atoms with Crippen molar-refractivity contribution in [2.75, 3.05) is 63.0 Å². The van der Waals surface area contributed by atoms with Crippen molar-refractivity contribution in [3.63, 3.8) is 0 Å². The third-order valence-electron chi connectivity index (χ3n) is 6.45. The lowest BCUT2D eigenvalue weighted by Gasteiger charge is -2.23. The number of fused-ring (bicyclic) bond motifs is 1. The second kappa shape index (κ2) is 10.5. The van der Waals surface area contributed by atoms with Crippen molar-refractivity contribution in [1.29, 1.82) is 0 Å². The number of aryl methyl sites for hydroxylation is 1. The van der Waals surface area contributed by atoms with E-state index in [2.05, 4.69) is 39.1 Å². The SMILES string of the molecule is COc1cc(N(C)CCN(C)C)c([N+](=O)[O-])cc1Nc1ncnc(N2CC(C)(C)c3nc(Cl)c(C)cc32)n1. The summed E-state index contributed by atoms with van der Waals surface area (Å²) in [4.78, 5) is 35.2. The van der Waals surface area contributed by atoms with Gasteiger partial charge >= 0.3 is 0 Å². The maximum Gasteiger partial charge on any atom is 0.294 e. The highest BCUT2D eigenvalue weighted by molar-refractivity contribution is 6.30. The average Bonchev–Trinajstić information content (AvgIpc) is 3.12. The molecule has 202 valence electrons. The Hall–Kier alpha value is -3.77. The van der Waals surface area contributed by atoms with Gasteiger partial charge in [0.2, 0.25) is 11.9 Å². The topological polar surface area (TPSA) is 126 Å². The predicted molar refractivity (Wildman–Crippen MR) is 149 cm³/mol. The van der Waals surface area contributed by atoms with Gasteiger partial charge in [0, 0.05) is 44.2 Å². The number of nitro benzene ring substituents is 1. The first-order valence-corrected chi connectivity index (χ1v) is 12.4. The number of nitro groups is 1. The molecule has 0 saturated carbocycles. The van der Waals surface area contributed by atoms with Crippen LogP contribution in [-0.2, 0) is 5.41 Å². The van der Waals surface area contributed by atoms with E-state index in [4.69, 9.17) is 16.3 Å². The molecule has 38 heavy (non-hydrogen) atoms. The molecule has 2 aromatic heterocycles. The molecule has 1 aliphatic heterocycles. The molecular formula is C25H32ClN9O3. The number of pyridine rings is 1. The molecule has 0 saturated heterocycles. The predicted octanol–water partition coefficient (Wildman–Crippen LogP) is 4.32. The highest BCUT2D eigenvalue weighted by atomic mass is 35.5. The summed E-state index contributed by atoms with van der Waals surface area (Å²) in [5.41, 5.74) is 3.10. The van der Waals surface area contributed by atoms with Crippen LogP contribution in [0.3, 0.4) is 0 Å². The van der Waals surface area contributed by atoms with Gasteiger partial charge in [0.1, 0.15) is 22.9 Å². The fraction of sp³-hybridized carbons (Fsp3) is 0.440. The van der Waals surface area contributed by atoms with Gasteiger partial charge in [-0.15, -0.1) is 0 Å².